The molecule has 0 radical (unpaired) electrons. The lowest BCUT2D eigenvalue weighted by Crippen LogP contribution is -2.51. The maximum absolute atomic E-state index is 13.2. The molecule has 1 aromatic rings. The van der Waals surface area contributed by atoms with Crippen molar-refractivity contribution in [1.29, 1.82) is 0 Å². The molecule has 172 valence electrons. The van der Waals surface area contributed by atoms with Crippen molar-refractivity contribution < 1.29 is 9.90 Å². The number of rotatable bonds is 3. The van der Waals surface area contributed by atoms with Gasteiger partial charge in [-0.15, -0.1) is 0 Å². The Hall–Kier alpha value is -1.60. The first-order valence-electron chi connectivity index (χ1n) is 13.2. The van der Waals surface area contributed by atoms with Crippen molar-refractivity contribution in [1.82, 2.24) is 9.78 Å². The van der Waals surface area contributed by atoms with E-state index in [0.29, 0.717) is 30.1 Å². The number of aliphatic hydroxyl groups is 1. The van der Waals surface area contributed by atoms with Gasteiger partial charge < -0.3 is 5.11 Å². The van der Waals surface area contributed by atoms with Crippen LogP contribution in [0.5, 0.6) is 0 Å². The third kappa shape index (κ3) is 3.56. The molecule has 0 bridgehead atoms. The molecule has 4 heteroatoms. The van der Waals surface area contributed by atoms with E-state index in [2.05, 4.69) is 23.9 Å². The van der Waals surface area contributed by atoms with Gasteiger partial charge in [0, 0.05) is 24.2 Å². The van der Waals surface area contributed by atoms with E-state index in [9.17, 15) is 9.90 Å². The highest BCUT2D eigenvalue weighted by molar-refractivity contribution is 5.82. The number of ketones is 1. The van der Waals surface area contributed by atoms with Crippen LogP contribution in [0.3, 0.4) is 0 Å². The molecule has 32 heavy (non-hydrogen) atoms. The molecule has 6 rings (SSSR count). The van der Waals surface area contributed by atoms with Crippen molar-refractivity contribution in [3.63, 3.8) is 0 Å². The third-order valence-corrected chi connectivity index (χ3v) is 10.4. The molecule has 5 aliphatic carbocycles. The second-order valence-electron chi connectivity index (χ2n) is 12.1. The molecule has 5 fully saturated rings. The molecule has 5 aliphatic rings. The molecule has 1 aromatic heterocycles. The second kappa shape index (κ2) is 7.73. The number of aromatic nitrogens is 2. The largest absolute Gasteiger partial charge is 0.378 e. The molecule has 4 nitrogen and oxygen atoms in total. The quantitative estimate of drug-likeness (QED) is 0.691. The smallest absolute Gasteiger partial charge is 0.157 e. The predicted molar refractivity (Wildman–Crippen MR) is 123 cm³/mol. The van der Waals surface area contributed by atoms with E-state index >= 15 is 0 Å². The maximum Gasteiger partial charge on any atom is 0.157 e. The molecule has 0 unspecified atom stereocenters. The van der Waals surface area contributed by atoms with Gasteiger partial charge in [0.25, 0.3) is 0 Å². The summed E-state index contributed by atoms with van der Waals surface area (Å²) in [7, 11) is 0. The van der Waals surface area contributed by atoms with Crippen LogP contribution in [0.15, 0.2) is 18.5 Å². The number of fused-ring (bicyclic) bond motifs is 5. The van der Waals surface area contributed by atoms with Gasteiger partial charge in [-0.25, -0.2) is 0 Å². The average Bonchev–Trinajstić information content (AvgIpc) is 3.34. The van der Waals surface area contributed by atoms with Gasteiger partial charge in [-0.2, -0.15) is 5.10 Å². The zero-order valence-corrected chi connectivity index (χ0v) is 19.5. The zero-order chi connectivity index (χ0) is 21.9. The van der Waals surface area contributed by atoms with Gasteiger partial charge in [0.05, 0.1) is 6.54 Å². The summed E-state index contributed by atoms with van der Waals surface area (Å²) in [5.41, 5.74) is -0.555. The number of Topliss-reactive ketones (excluding diaryl/α,β-unsaturated/α-hetero) is 1. The first-order chi connectivity index (χ1) is 15.5. The van der Waals surface area contributed by atoms with Crippen molar-refractivity contribution in [3.05, 3.63) is 18.5 Å². The van der Waals surface area contributed by atoms with Gasteiger partial charge in [0.1, 0.15) is 5.60 Å². The molecule has 0 saturated heterocycles. The molecule has 0 amide bonds. The average molecular weight is 435 g/mol. The van der Waals surface area contributed by atoms with Crippen LogP contribution < -0.4 is 0 Å². The van der Waals surface area contributed by atoms with Crippen molar-refractivity contribution >= 4 is 5.78 Å². The fourth-order valence-corrected chi connectivity index (χ4v) is 8.65. The van der Waals surface area contributed by atoms with E-state index in [0.717, 1.165) is 43.4 Å². The summed E-state index contributed by atoms with van der Waals surface area (Å²) in [6.45, 7) is 2.87. The normalized spacial score (nSPS) is 45.2. The minimum absolute atomic E-state index is 0.170. The fraction of sp³-hybridized carbons (Fsp3) is 0.786. The number of nitrogens with zero attached hydrogens (tertiary/aromatic N) is 2. The summed E-state index contributed by atoms with van der Waals surface area (Å²) < 4.78 is 1.80. The Morgan fingerprint density at radius 1 is 1.06 bits per heavy atom. The Balaban J connectivity index is 1.15. The number of carbonyl (C=O) groups excluding carboxylic acids is 1. The molecular formula is C28H38N2O2. The lowest BCUT2D eigenvalue weighted by Gasteiger charge is -2.56. The van der Waals surface area contributed by atoms with Crippen LogP contribution in [0.1, 0.15) is 77.6 Å². The van der Waals surface area contributed by atoms with Crippen LogP contribution in [0.25, 0.3) is 0 Å². The molecule has 5 saturated carbocycles. The zero-order valence-electron chi connectivity index (χ0n) is 19.5. The maximum atomic E-state index is 13.2. The number of carbonyl (C=O) groups is 1. The standard InChI is InChI=1S/C28H38N2O2/c1-27-12-10-22-21-11-14-28(32,13-9-19-3-4-19)17-20(21)5-6-23(22)24(27)7-8-25(27)26(31)18-30-16-2-15-29-30/h2,15-16,19-25,32H,3-8,10-12,14,17-18H2,1H3/t20-,21-,22+,23+,24-,25+,27-,28+/m0/s1. The van der Waals surface area contributed by atoms with E-state index in [1.165, 1.54) is 44.9 Å². The highest BCUT2D eigenvalue weighted by Crippen LogP contribution is 2.64. The van der Waals surface area contributed by atoms with Gasteiger partial charge >= 0.3 is 0 Å². The monoisotopic (exact) mass is 434 g/mol. The Morgan fingerprint density at radius 2 is 1.91 bits per heavy atom. The fourth-order valence-electron chi connectivity index (χ4n) is 8.65. The number of hydrogen-bond acceptors (Lipinski definition) is 3. The molecule has 8 atom stereocenters. The summed E-state index contributed by atoms with van der Waals surface area (Å²) in [6.07, 6.45) is 16.3. The predicted octanol–water partition coefficient (Wildman–Crippen LogP) is 4.87. The summed E-state index contributed by atoms with van der Waals surface area (Å²) in [6, 6.07) is 1.90. The summed E-state index contributed by atoms with van der Waals surface area (Å²) in [5, 5.41) is 15.4. The van der Waals surface area contributed by atoms with E-state index in [1.807, 2.05) is 12.3 Å². The van der Waals surface area contributed by atoms with Crippen LogP contribution in [0.4, 0.5) is 0 Å². The highest BCUT2D eigenvalue weighted by atomic mass is 16.3. The van der Waals surface area contributed by atoms with Crippen molar-refractivity contribution in [2.45, 2.75) is 89.7 Å². The Kier molecular flexibility index (Phi) is 5.06. The first kappa shape index (κ1) is 21.0. The van der Waals surface area contributed by atoms with Crippen LogP contribution in [0, 0.1) is 58.7 Å². The first-order valence-corrected chi connectivity index (χ1v) is 13.2. The SMILES string of the molecule is C[C@]12CC[C@H]3[C@@H](CC[C@H]4C[C@@](O)(C#CC5CC5)CC[C@@H]43)[C@@H]1CC[C@@H]2C(=O)Cn1cccn1. The van der Waals surface area contributed by atoms with Gasteiger partial charge in [-0.3, -0.25) is 9.48 Å². The highest BCUT2D eigenvalue weighted by Gasteiger charge is 2.58. The van der Waals surface area contributed by atoms with Crippen LogP contribution in [0.2, 0.25) is 0 Å². The van der Waals surface area contributed by atoms with Crippen molar-refractivity contribution in [2.75, 3.05) is 0 Å². The second-order valence-corrected chi connectivity index (χ2v) is 12.1. The molecular weight excluding hydrogens is 396 g/mol. The molecule has 1 heterocycles. The van der Waals surface area contributed by atoms with Crippen molar-refractivity contribution in [3.8, 4) is 11.8 Å². The van der Waals surface area contributed by atoms with Crippen LogP contribution in [-0.2, 0) is 11.3 Å². The van der Waals surface area contributed by atoms with Gasteiger partial charge in [-0.05, 0) is 112 Å². The van der Waals surface area contributed by atoms with E-state index in [4.69, 9.17) is 0 Å². The Morgan fingerprint density at radius 3 is 2.69 bits per heavy atom. The van der Waals surface area contributed by atoms with Crippen LogP contribution in [-0.4, -0.2) is 26.3 Å². The van der Waals surface area contributed by atoms with Crippen molar-refractivity contribution in [2.24, 2.45) is 46.8 Å². The van der Waals surface area contributed by atoms with Gasteiger partial charge in [0.15, 0.2) is 5.78 Å². The Bertz CT molecular complexity index is 925. The van der Waals surface area contributed by atoms with Crippen LogP contribution >= 0.6 is 0 Å². The minimum atomic E-state index is -0.725. The Labute approximate surface area is 192 Å². The van der Waals surface area contributed by atoms with E-state index in [-0.39, 0.29) is 11.3 Å². The van der Waals surface area contributed by atoms with E-state index < -0.39 is 5.60 Å². The molecule has 0 spiro atoms. The number of hydrogen-bond donors (Lipinski definition) is 1. The van der Waals surface area contributed by atoms with Gasteiger partial charge in [-0.1, -0.05) is 18.8 Å². The summed E-state index contributed by atoms with van der Waals surface area (Å²) in [4.78, 5) is 13.2. The van der Waals surface area contributed by atoms with E-state index in [1.54, 1.807) is 10.9 Å². The topological polar surface area (TPSA) is 55.1 Å². The van der Waals surface area contributed by atoms with Gasteiger partial charge in [0.2, 0.25) is 0 Å². The summed E-state index contributed by atoms with van der Waals surface area (Å²) in [5.74, 6) is 11.5. The third-order valence-electron chi connectivity index (χ3n) is 10.4. The lowest BCUT2D eigenvalue weighted by atomic mass is 9.49. The lowest BCUT2D eigenvalue weighted by molar-refractivity contribution is -0.132. The summed E-state index contributed by atoms with van der Waals surface area (Å²) >= 11 is 0. The molecule has 1 N–H and O–H groups in total. The molecule has 0 aromatic carbocycles. The molecule has 0 aliphatic heterocycles. The minimum Gasteiger partial charge on any atom is -0.378 e.